The summed E-state index contributed by atoms with van der Waals surface area (Å²) in [6.45, 7) is 5.83. The van der Waals surface area contributed by atoms with Crippen LogP contribution in [0.4, 0.5) is 0 Å². The molecule has 2 atom stereocenters. The summed E-state index contributed by atoms with van der Waals surface area (Å²) in [5, 5.41) is 0. The summed E-state index contributed by atoms with van der Waals surface area (Å²) in [7, 11) is 0. The number of epoxide rings is 2. The molecule has 0 spiro atoms. The average molecular weight is 545 g/mol. The van der Waals surface area contributed by atoms with Gasteiger partial charge in [-0.15, -0.1) is 0 Å². The van der Waals surface area contributed by atoms with Crippen LogP contribution in [0, 0.1) is 11.8 Å². The van der Waals surface area contributed by atoms with Crippen LogP contribution in [-0.4, -0.2) is 50.8 Å². The van der Waals surface area contributed by atoms with E-state index in [0.717, 1.165) is 38.3 Å². The molecule has 0 amide bonds. The molecule has 2 aromatic rings. The molecule has 4 fully saturated rings. The third-order valence-electron chi connectivity index (χ3n) is 10.6. The van der Waals surface area contributed by atoms with Crippen molar-refractivity contribution in [1.82, 2.24) is 0 Å². The van der Waals surface area contributed by atoms with E-state index in [4.69, 9.17) is 18.9 Å². The van der Waals surface area contributed by atoms with E-state index in [2.05, 4.69) is 43.3 Å². The molecule has 216 valence electrons. The minimum absolute atomic E-state index is 0.390. The van der Waals surface area contributed by atoms with Crippen molar-refractivity contribution in [2.75, 3.05) is 26.4 Å². The van der Waals surface area contributed by atoms with Crippen LogP contribution in [0.5, 0.6) is 0 Å². The van der Waals surface area contributed by atoms with E-state index in [1.54, 1.807) is 11.1 Å². The van der Waals surface area contributed by atoms with Crippen LogP contribution in [0.1, 0.15) is 99.3 Å². The first kappa shape index (κ1) is 27.1. The summed E-state index contributed by atoms with van der Waals surface area (Å²) in [6, 6.07) is 14.7. The number of hydrogen-bond acceptors (Lipinski definition) is 4. The molecule has 7 rings (SSSR count). The van der Waals surface area contributed by atoms with Gasteiger partial charge < -0.3 is 18.9 Å². The number of hydrogen-bond donors (Lipinski definition) is 0. The van der Waals surface area contributed by atoms with Gasteiger partial charge in [-0.05, 0) is 122 Å². The van der Waals surface area contributed by atoms with E-state index in [9.17, 15) is 0 Å². The lowest BCUT2D eigenvalue weighted by molar-refractivity contribution is 0.00967. The second kappa shape index (κ2) is 12.3. The van der Waals surface area contributed by atoms with Crippen molar-refractivity contribution in [3.05, 3.63) is 58.7 Å². The van der Waals surface area contributed by atoms with E-state index in [1.807, 2.05) is 0 Å². The second-order valence-electron chi connectivity index (χ2n) is 13.5. The van der Waals surface area contributed by atoms with Crippen LogP contribution in [0.2, 0.25) is 0 Å². The van der Waals surface area contributed by atoms with Crippen molar-refractivity contribution in [3.63, 3.8) is 0 Å². The number of ether oxygens (including phenoxy) is 4. The lowest BCUT2D eigenvalue weighted by atomic mass is 9.83. The van der Waals surface area contributed by atoms with Gasteiger partial charge in [0.2, 0.25) is 0 Å². The van der Waals surface area contributed by atoms with Crippen molar-refractivity contribution in [1.29, 1.82) is 0 Å². The highest BCUT2D eigenvalue weighted by molar-refractivity contribution is 5.79. The van der Waals surface area contributed by atoms with Crippen molar-refractivity contribution < 1.29 is 18.9 Å². The van der Waals surface area contributed by atoms with Gasteiger partial charge >= 0.3 is 0 Å². The molecule has 2 aromatic carbocycles. The molecule has 5 aliphatic rings. The second-order valence-corrected chi connectivity index (χ2v) is 13.5. The maximum atomic E-state index is 6.05. The third-order valence-corrected chi connectivity index (χ3v) is 10.6. The van der Waals surface area contributed by atoms with Crippen LogP contribution in [0.15, 0.2) is 36.4 Å². The van der Waals surface area contributed by atoms with E-state index in [-0.39, 0.29) is 0 Å². The molecular formula is C36H48O4. The molecule has 0 aromatic heterocycles. The van der Waals surface area contributed by atoms with Crippen LogP contribution in [-0.2, 0) is 31.8 Å². The minimum atomic E-state index is 0.390. The highest BCUT2D eigenvalue weighted by atomic mass is 16.6. The predicted molar refractivity (Wildman–Crippen MR) is 159 cm³/mol. The van der Waals surface area contributed by atoms with E-state index < -0.39 is 0 Å². The fourth-order valence-electron chi connectivity index (χ4n) is 7.64. The Hall–Kier alpha value is -1.72. The topological polar surface area (TPSA) is 43.5 Å². The van der Waals surface area contributed by atoms with Crippen LogP contribution < -0.4 is 0 Å². The number of rotatable bonds is 12. The van der Waals surface area contributed by atoms with Gasteiger partial charge in [0.25, 0.3) is 0 Å². The summed E-state index contributed by atoms with van der Waals surface area (Å²) in [6.07, 6.45) is 16.9. The lowest BCUT2D eigenvalue weighted by Crippen LogP contribution is -2.23. The van der Waals surface area contributed by atoms with Gasteiger partial charge in [-0.1, -0.05) is 43.3 Å². The van der Waals surface area contributed by atoms with E-state index in [1.165, 1.54) is 99.3 Å². The predicted octanol–water partition coefficient (Wildman–Crippen LogP) is 7.63. The van der Waals surface area contributed by atoms with E-state index >= 15 is 0 Å². The summed E-state index contributed by atoms with van der Waals surface area (Å²) in [5.74, 6) is 2.20. The summed E-state index contributed by atoms with van der Waals surface area (Å²) in [5.41, 5.74) is 9.05. The van der Waals surface area contributed by atoms with Crippen LogP contribution in [0.3, 0.4) is 0 Å². The van der Waals surface area contributed by atoms with Crippen molar-refractivity contribution in [3.8, 4) is 11.1 Å². The minimum Gasteiger partial charge on any atom is -0.375 e. The fourth-order valence-corrected chi connectivity index (χ4v) is 7.64. The maximum Gasteiger partial charge on any atom is 0.104 e. The Labute approximate surface area is 241 Å². The Bertz CT molecular complexity index is 1050. The Balaban J connectivity index is 0.883. The summed E-state index contributed by atoms with van der Waals surface area (Å²) >= 11 is 0. The van der Waals surface area contributed by atoms with Crippen LogP contribution in [0.25, 0.3) is 11.1 Å². The van der Waals surface area contributed by atoms with Gasteiger partial charge in [0.1, 0.15) is 12.2 Å². The zero-order chi connectivity index (χ0) is 26.9. The van der Waals surface area contributed by atoms with Crippen molar-refractivity contribution in [2.24, 2.45) is 11.8 Å². The molecule has 2 heterocycles. The van der Waals surface area contributed by atoms with Gasteiger partial charge in [0.15, 0.2) is 0 Å². The van der Waals surface area contributed by atoms with Crippen molar-refractivity contribution >= 4 is 0 Å². The van der Waals surface area contributed by atoms with Gasteiger partial charge in [-0.25, -0.2) is 0 Å². The van der Waals surface area contributed by atoms with Crippen LogP contribution >= 0.6 is 0 Å². The first-order chi connectivity index (χ1) is 19.7. The molecule has 3 aliphatic carbocycles. The summed E-state index contributed by atoms with van der Waals surface area (Å²) < 4.78 is 22.7. The first-order valence-electron chi connectivity index (χ1n) is 16.4. The fraction of sp³-hybridized carbons (Fsp3) is 0.667. The monoisotopic (exact) mass is 544 g/mol. The lowest BCUT2D eigenvalue weighted by Gasteiger charge is -2.28. The quantitative estimate of drug-likeness (QED) is 0.258. The van der Waals surface area contributed by atoms with Crippen molar-refractivity contribution in [2.45, 2.75) is 114 Å². The third kappa shape index (κ3) is 6.67. The smallest absolute Gasteiger partial charge is 0.104 e. The Kier molecular flexibility index (Phi) is 8.31. The number of benzene rings is 2. The molecule has 2 saturated carbocycles. The van der Waals surface area contributed by atoms with Gasteiger partial charge in [0.05, 0.1) is 38.6 Å². The first-order valence-corrected chi connectivity index (χ1v) is 16.4. The zero-order valence-corrected chi connectivity index (χ0v) is 24.5. The Morgan fingerprint density at radius 2 is 1.05 bits per heavy atom. The summed E-state index contributed by atoms with van der Waals surface area (Å²) in [4.78, 5) is 0. The molecule has 40 heavy (non-hydrogen) atoms. The highest BCUT2D eigenvalue weighted by Gasteiger charge is 2.29. The average Bonchev–Trinajstić information content (AvgIpc) is 3.94. The standard InChI is InChI=1S/C36H48O4/c1-24-35-18-27(4-2-25-6-12-29(13-7-25)37-20-31-22-39-31)10-16-33(35)34-17-11-28(19-36(24)34)5-3-26-8-14-30(15-9-26)38-21-32-23-40-32/h10-11,16-19,24-26,29-32H,2-9,12-15,20-23H2,1H3. The largest absolute Gasteiger partial charge is 0.375 e. The highest BCUT2D eigenvalue weighted by Crippen LogP contribution is 2.45. The number of fused-ring (bicyclic) bond motifs is 3. The molecule has 2 aliphatic heterocycles. The molecular weight excluding hydrogens is 496 g/mol. The Morgan fingerprint density at radius 3 is 1.45 bits per heavy atom. The van der Waals surface area contributed by atoms with Gasteiger partial charge in [-0.2, -0.15) is 0 Å². The Morgan fingerprint density at radius 1 is 0.625 bits per heavy atom. The molecule has 2 unspecified atom stereocenters. The normalized spacial score (nSPS) is 32.5. The zero-order valence-electron chi connectivity index (χ0n) is 24.5. The molecule has 0 radical (unpaired) electrons. The molecule has 4 heteroatoms. The SMILES string of the molecule is CC1c2cc(CCC3CCC(OCC4CO4)CC3)ccc2-c2ccc(CCC3CCC(OCC4CO4)CC3)cc21. The van der Waals surface area contributed by atoms with Gasteiger partial charge in [0, 0.05) is 5.92 Å². The van der Waals surface area contributed by atoms with E-state index in [0.29, 0.717) is 30.3 Å². The molecule has 2 saturated heterocycles. The molecule has 0 bridgehead atoms. The van der Waals surface area contributed by atoms with Gasteiger partial charge in [-0.3, -0.25) is 0 Å². The molecule has 0 N–H and O–H groups in total. The maximum absolute atomic E-state index is 6.05. The number of aryl methyl sites for hydroxylation is 2. The molecule has 4 nitrogen and oxygen atoms in total.